The van der Waals surface area contributed by atoms with Crippen LogP contribution in [-0.4, -0.2) is 37.1 Å². The van der Waals surface area contributed by atoms with Crippen LogP contribution < -0.4 is 9.64 Å². The van der Waals surface area contributed by atoms with E-state index in [4.69, 9.17) is 9.15 Å². The van der Waals surface area contributed by atoms with Crippen LogP contribution in [0.2, 0.25) is 0 Å². The second-order valence-electron chi connectivity index (χ2n) is 5.43. The maximum Gasteiger partial charge on any atom is 0.360 e. The number of para-hydroxylation sites is 1. The van der Waals surface area contributed by atoms with Crippen molar-refractivity contribution in [3.8, 4) is 5.75 Å². The van der Waals surface area contributed by atoms with Gasteiger partial charge in [-0.2, -0.15) is 0 Å². The Balaban J connectivity index is 1.74. The SMILES string of the molecule is COC(=O)c1ncoc1CCC(=O)N1CCOc2cccc(C)c21. The minimum atomic E-state index is -0.571. The third-order valence-corrected chi connectivity index (χ3v) is 3.93. The summed E-state index contributed by atoms with van der Waals surface area (Å²) in [5.74, 6) is 0.442. The number of amides is 1. The molecule has 3 rings (SSSR count). The van der Waals surface area contributed by atoms with Gasteiger partial charge in [-0.25, -0.2) is 9.78 Å². The first kappa shape index (κ1) is 16.0. The number of ether oxygens (including phenoxy) is 2. The van der Waals surface area contributed by atoms with E-state index in [2.05, 4.69) is 9.72 Å². The molecule has 126 valence electrons. The average Bonchev–Trinajstić information content (AvgIpc) is 3.07. The molecule has 7 heteroatoms. The number of fused-ring (bicyclic) bond motifs is 1. The second-order valence-corrected chi connectivity index (χ2v) is 5.43. The lowest BCUT2D eigenvalue weighted by molar-refractivity contribution is -0.118. The first-order chi connectivity index (χ1) is 11.6. The van der Waals surface area contributed by atoms with Gasteiger partial charge in [0.2, 0.25) is 5.91 Å². The molecule has 1 aliphatic heterocycles. The normalized spacial score (nSPS) is 13.2. The van der Waals surface area contributed by atoms with E-state index >= 15 is 0 Å². The highest BCUT2D eigenvalue weighted by molar-refractivity contribution is 5.96. The number of rotatable bonds is 4. The number of aromatic nitrogens is 1. The Morgan fingerprint density at radius 3 is 3.00 bits per heavy atom. The zero-order chi connectivity index (χ0) is 17.1. The van der Waals surface area contributed by atoms with Gasteiger partial charge in [0.25, 0.3) is 0 Å². The van der Waals surface area contributed by atoms with Gasteiger partial charge in [-0.15, -0.1) is 0 Å². The van der Waals surface area contributed by atoms with E-state index in [1.165, 1.54) is 13.5 Å². The molecule has 24 heavy (non-hydrogen) atoms. The Bertz CT molecular complexity index is 768. The van der Waals surface area contributed by atoms with Crippen molar-refractivity contribution in [2.75, 3.05) is 25.2 Å². The molecule has 2 heterocycles. The van der Waals surface area contributed by atoms with E-state index < -0.39 is 5.97 Å². The van der Waals surface area contributed by atoms with Crippen molar-refractivity contribution in [3.05, 3.63) is 41.6 Å². The van der Waals surface area contributed by atoms with Crippen LogP contribution in [0.25, 0.3) is 0 Å². The lowest BCUT2D eigenvalue weighted by atomic mass is 10.1. The zero-order valence-corrected chi connectivity index (χ0v) is 13.6. The second kappa shape index (κ2) is 6.74. The highest BCUT2D eigenvalue weighted by Gasteiger charge is 2.26. The van der Waals surface area contributed by atoms with Crippen LogP contribution in [0.3, 0.4) is 0 Å². The minimum Gasteiger partial charge on any atom is -0.490 e. The lowest BCUT2D eigenvalue weighted by Gasteiger charge is -2.31. The van der Waals surface area contributed by atoms with Crippen molar-refractivity contribution in [2.24, 2.45) is 0 Å². The summed E-state index contributed by atoms with van der Waals surface area (Å²) in [6, 6.07) is 5.70. The van der Waals surface area contributed by atoms with Crippen molar-refractivity contribution in [1.82, 2.24) is 4.98 Å². The molecule has 0 atom stereocenters. The van der Waals surface area contributed by atoms with Crippen LogP contribution in [-0.2, 0) is 16.0 Å². The summed E-state index contributed by atoms with van der Waals surface area (Å²) in [6.45, 7) is 2.90. The predicted octanol–water partition coefficient (Wildman–Crippen LogP) is 2.13. The monoisotopic (exact) mass is 330 g/mol. The molecule has 1 amide bonds. The van der Waals surface area contributed by atoms with Gasteiger partial charge in [0, 0.05) is 12.8 Å². The predicted molar refractivity (Wildman–Crippen MR) is 85.2 cm³/mol. The smallest absolute Gasteiger partial charge is 0.360 e. The Morgan fingerprint density at radius 2 is 2.21 bits per heavy atom. The summed E-state index contributed by atoms with van der Waals surface area (Å²) in [5, 5.41) is 0. The number of benzene rings is 1. The fourth-order valence-corrected chi connectivity index (χ4v) is 2.77. The largest absolute Gasteiger partial charge is 0.490 e. The summed E-state index contributed by atoms with van der Waals surface area (Å²) >= 11 is 0. The third kappa shape index (κ3) is 2.97. The molecule has 0 N–H and O–H groups in total. The van der Waals surface area contributed by atoms with Gasteiger partial charge in [-0.1, -0.05) is 12.1 Å². The van der Waals surface area contributed by atoms with Crippen LogP contribution in [0.15, 0.2) is 29.0 Å². The molecule has 1 aromatic carbocycles. The van der Waals surface area contributed by atoms with Crippen LogP contribution in [0.5, 0.6) is 5.75 Å². The molecule has 1 aromatic heterocycles. The van der Waals surface area contributed by atoms with E-state index in [0.717, 1.165) is 11.3 Å². The van der Waals surface area contributed by atoms with Gasteiger partial charge in [-0.3, -0.25) is 4.79 Å². The molecule has 0 saturated carbocycles. The zero-order valence-electron chi connectivity index (χ0n) is 13.6. The van der Waals surface area contributed by atoms with Crippen molar-refractivity contribution in [2.45, 2.75) is 19.8 Å². The van der Waals surface area contributed by atoms with Crippen LogP contribution in [0.1, 0.15) is 28.2 Å². The standard InChI is InChI=1S/C17H18N2O5/c1-11-4-3-5-13-16(11)19(8-9-23-13)14(20)7-6-12-15(17(21)22-2)18-10-24-12/h3-5,10H,6-9H2,1-2H3. The van der Waals surface area contributed by atoms with Gasteiger partial charge in [-0.05, 0) is 18.6 Å². The molecule has 0 fully saturated rings. The number of hydrogen-bond acceptors (Lipinski definition) is 6. The molecular formula is C17H18N2O5. The van der Waals surface area contributed by atoms with Gasteiger partial charge >= 0.3 is 5.97 Å². The number of aryl methyl sites for hydroxylation is 2. The first-order valence-corrected chi connectivity index (χ1v) is 7.65. The first-order valence-electron chi connectivity index (χ1n) is 7.65. The number of hydrogen-bond donors (Lipinski definition) is 0. The summed E-state index contributed by atoms with van der Waals surface area (Å²) in [5.41, 5.74) is 1.90. The topological polar surface area (TPSA) is 81.9 Å². The molecule has 0 radical (unpaired) electrons. The molecular weight excluding hydrogens is 312 g/mol. The van der Waals surface area contributed by atoms with Crippen molar-refractivity contribution in [3.63, 3.8) is 0 Å². The molecule has 0 spiro atoms. The summed E-state index contributed by atoms with van der Waals surface area (Å²) in [4.78, 5) is 29.8. The van der Waals surface area contributed by atoms with E-state index in [1.807, 2.05) is 25.1 Å². The van der Waals surface area contributed by atoms with Gasteiger partial charge in [0.15, 0.2) is 12.1 Å². The third-order valence-electron chi connectivity index (χ3n) is 3.93. The van der Waals surface area contributed by atoms with Gasteiger partial charge in [0.1, 0.15) is 18.1 Å². The maximum atomic E-state index is 12.7. The highest BCUT2D eigenvalue weighted by atomic mass is 16.5. The maximum absolute atomic E-state index is 12.7. The van der Waals surface area contributed by atoms with E-state index in [9.17, 15) is 9.59 Å². The number of anilines is 1. The molecule has 7 nitrogen and oxygen atoms in total. The molecule has 0 bridgehead atoms. The molecule has 2 aromatic rings. The molecule has 0 saturated heterocycles. The number of esters is 1. The van der Waals surface area contributed by atoms with Crippen molar-refractivity contribution < 1.29 is 23.5 Å². The van der Waals surface area contributed by atoms with Crippen LogP contribution in [0.4, 0.5) is 5.69 Å². The van der Waals surface area contributed by atoms with Crippen LogP contribution >= 0.6 is 0 Å². The Kier molecular flexibility index (Phi) is 4.50. The number of oxazole rings is 1. The highest BCUT2D eigenvalue weighted by Crippen LogP contribution is 2.35. The van der Waals surface area contributed by atoms with E-state index in [0.29, 0.717) is 24.7 Å². The molecule has 0 unspecified atom stereocenters. The quantitative estimate of drug-likeness (QED) is 0.799. The van der Waals surface area contributed by atoms with Crippen molar-refractivity contribution in [1.29, 1.82) is 0 Å². The fraction of sp³-hybridized carbons (Fsp3) is 0.353. The van der Waals surface area contributed by atoms with Crippen molar-refractivity contribution >= 4 is 17.6 Å². The average molecular weight is 330 g/mol. The van der Waals surface area contributed by atoms with Crippen LogP contribution in [0, 0.1) is 6.92 Å². The number of carbonyl (C=O) groups excluding carboxylic acids is 2. The Morgan fingerprint density at radius 1 is 1.38 bits per heavy atom. The number of carbonyl (C=O) groups is 2. The van der Waals surface area contributed by atoms with Gasteiger partial charge < -0.3 is 18.8 Å². The Labute approximate surface area is 139 Å². The van der Waals surface area contributed by atoms with Gasteiger partial charge in [0.05, 0.1) is 19.3 Å². The number of methoxy groups -OCH3 is 1. The Hall–Kier alpha value is -2.83. The minimum absolute atomic E-state index is 0.0546. The molecule has 0 aliphatic carbocycles. The van der Waals surface area contributed by atoms with E-state index in [-0.39, 0.29) is 24.4 Å². The molecule has 1 aliphatic rings. The fourth-order valence-electron chi connectivity index (χ4n) is 2.77. The summed E-state index contributed by atoms with van der Waals surface area (Å²) in [7, 11) is 1.28. The summed E-state index contributed by atoms with van der Waals surface area (Å²) in [6.07, 6.45) is 1.66. The lowest BCUT2D eigenvalue weighted by Crippen LogP contribution is -2.38. The summed E-state index contributed by atoms with van der Waals surface area (Å²) < 4.78 is 15.5. The van der Waals surface area contributed by atoms with E-state index in [1.54, 1.807) is 4.90 Å². The number of nitrogens with zero attached hydrogens (tertiary/aromatic N) is 2.